The van der Waals surface area contributed by atoms with Crippen molar-refractivity contribution in [2.75, 3.05) is 16.0 Å². The second-order valence-corrected chi connectivity index (χ2v) is 10.6. The van der Waals surface area contributed by atoms with E-state index in [4.69, 9.17) is 21.1 Å². The zero-order valence-electron chi connectivity index (χ0n) is 19.2. The van der Waals surface area contributed by atoms with Gasteiger partial charge in [0.15, 0.2) is 5.96 Å². The second kappa shape index (κ2) is 11.3. The highest BCUT2D eigenvalue weighted by atomic mass is 32.1. The van der Waals surface area contributed by atoms with E-state index in [9.17, 15) is 0 Å². The first-order chi connectivity index (χ1) is 15.3. The van der Waals surface area contributed by atoms with Crippen molar-refractivity contribution in [1.82, 2.24) is 9.97 Å². The van der Waals surface area contributed by atoms with Crippen LogP contribution in [0.3, 0.4) is 0 Å². The van der Waals surface area contributed by atoms with Crippen molar-refractivity contribution in [3.63, 3.8) is 0 Å². The minimum absolute atomic E-state index is 0.0930. The van der Waals surface area contributed by atoms with E-state index >= 15 is 0 Å². The van der Waals surface area contributed by atoms with E-state index < -0.39 is 0 Å². The monoisotopic (exact) mass is 471 g/mol. The standard InChI is InChI=1S/C23H33N7S2/c1-14(2)5-19-12-31-21(28-19)10-26-16-7-17(9-18(8-16)30-23(24)25)27-11-22-29-20(13-32-22)6-15(3)4/h7-9,12-15,26-27H,5-6,10-11H2,1-4H3,(H4,24,25,30). The van der Waals surface area contributed by atoms with Crippen molar-refractivity contribution in [1.29, 1.82) is 5.41 Å². The predicted molar refractivity (Wildman–Crippen MR) is 138 cm³/mol. The molecule has 0 fully saturated rings. The molecule has 32 heavy (non-hydrogen) atoms. The fourth-order valence-electron chi connectivity index (χ4n) is 3.30. The summed E-state index contributed by atoms with van der Waals surface area (Å²) < 4.78 is 0. The van der Waals surface area contributed by atoms with Crippen LogP contribution in [-0.2, 0) is 25.9 Å². The Hall–Kier alpha value is -2.65. The third-order valence-electron chi connectivity index (χ3n) is 4.53. The van der Waals surface area contributed by atoms with Gasteiger partial charge in [0.1, 0.15) is 10.0 Å². The maximum Gasteiger partial charge on any atom is 0.190 e. The zero-order valence-corrected chi connectivity index (χ0v) is 20.8. The quantitative estimate of drug-likeness (QED) is 0.186. The number of hydrogen-bond donors (Lipinski definition) is 5. The van der Waals surface area contributed by atoms with Crippen LogP contribution in [0.2, 0.25) is 0 Å². The Morgan fingerprint density at radius 3 is 1.69 bits per heavy atom. The summed E-state index contributed by atoms with van der Waals surface area (Å²) in [6.07, 6.45) is 2.00. The van der Waals surface area contributed by atoms with Crippen molar-refractivity contribution in [3.05, 3.63) is 50.4 Å². The molecule has 2 aromatic heterocycles. The number of nitrogens with zero attached hydrogens (tertiary/aromatic N) is 2. The molecular formula is C23H33N7S2. The summed E-state index contributed by atoms with van der Waals surface area (Å²) in [5.41, 5.74) is 10.5. The molecule has 0 unspecified atom stereocenters. The molecule has 0 radical (unpaired) electrons. The average molecular weight is 472 g/mol. The number of nitrogens with one attached hydrogen (secondary N) is 4. The Balaban J connectivity index is 1.66. The fourth-order valence-corrected chi connectivity index (χ4v) is 4.79. The number of hydrogen-bond acceptors (Lipinski definition) is 7. The number of nitrogens with two attached hydrogens (primary N) is 1. The van der Waals surface area contributed by atoms with Crippen LogP contribution in [0.4, 0.5) is 17.1 Å². The van der Waals surface area contributed by atoms with Gasteiger partial charge in [0, 0.05) is 27.8 Å². The number of aromatic nitrogens is 2. The highest BCUT2D eigenvalue weighted by Crippen LogP contribution is 2.25. The number of guanidine groups is 1. The SMILES string of the molecule is CC(C)Cc1csc(CNc2cc(NCc3nc(CC(C)C)cs3)cc(NC(=N)N)c2)n1. The molecule has 0 atom stereocenters. The summed E-state index contributed by atoms with van der Waals surface area (Å²) in [5, 5.41) is 23.7. The van der Waals surface area contributed by atoms with Crippen LogP contribution in [0, 0.1) is 17.2 Å². The van der Waals surface area contributed by atoms with Crippen LogP contribution in [0.15, 0.2) is 29.0 Å². The van der Waals surface area contributed by atoms with Crippen LogP contribution in [0.5, 0.6) is 0 Å². The van der Waals surface area contributed by atoms with E-state index in [1.54, 1.807) is 22.7 Å². The molecule has 3 rings (SSSR count). The topological polar surface area (TPSA) is 112 Å². The molecule has 0 saturated carbocycles. The maximum atomic E-state index is 7.57. The Labute approximate surface area is 198 Å². The molecule has 1 aromatic carbocycles. The molecule has 3 aromatic rings. The van der Waals surface area contributed by atoms with Gasteiger partial charge in [-0.1, -0.05) is 27.7 Å². The Morgan fingerprint density at radius 2 is 1.28 bits per heavy atom. The average Bonchev–Trinajstić information content (AvgIpc) is 3.32. The van der Waals surface area contributed by atoms with Crippen LogP contribution in [0.1, 0.15) is 49.1 Å². The fraction of sp³-hybridized carbons (Fsp3) is 0.435. The van der Waals surface area contributed by atoms with Gasteiger partial charge in [0.2, 0.25) is 0 Å². The first-order valence-corrected chi connectivity index (χ1v) is 12.6. The van der Waals surface area contributed by atoms with Crippen LogP contribution in [0.25, 0.3) is 0 Å². The Bertz CT molecular complexity index is 953. The van der Waals surface area contributed by atoms with Gasteiger partial charge in [-0.2, -0.15) is 0 Å². The van der Waals surface area contributed by atoms with Crippen molar-refractivity contribution < 1.29 is 0 Å². The van der Waals surface area contributed by atoms with Gasteiger partial charge in [-0.25, -0.2) is 9.97 Å². The maximum absolute atomic E-state index is 7.57. The number of rotatable bonds is 11. The summed E-state index contributed by atoms with van der Waals surface area (Å²) in [7, 11) is 0. The lowest BCUT2D eigenvalue weighted by molar-refractivity contribution is 0.636. The minimum Gasteiger partial charge on any atom is -0.378 e. The normalized spacial score (nSPS) is 11.2. The van der Waals surface area contributed by atoms with E-state index in [1.165, 1.54) is 0 Å². The molecule has 0 spiro atoms. The molecule has 172 valence electrons. The molecule has 2 heterocycles. The van der Waals surface area contributed by atoms with Gasteiger partial charge in [0.25, 0.3) is 0 Å². The number of benzene rings is 1. The van der Waals surface area contributed by atoms with Crippen molar-refractivity contribution >= 4 is 45.7 Å². The molecule has 7 nitrogen and oxygen atoms in total. The first kappa shape index (κ1) is 24.0. The summed E-state index contributed by atoms with van der Waals surface area (Å²) in [6, 6.07) is 5.94. The third kappa shape index (κ3) is 7.80. The second-order valence-electron chi connectivity index (χ2n) is 8.71. The summed E-state index contributed by atoms with van der Waals surface area (Å²) in [6.45, 7) is 10.1. The van der Waals surface area contributed by atoms with Gasteiger partial charge < -0.3 is 21.7 Å². The molecule has 0 aliphatic heterocycles. The van der Waals surface area contributed by atoms with E-state index in [0.717, 1.165) is 51.3 Å². The van der Waals surface area contributed by atoms with Crippen LogP contribution >= 0.6 is 22.7 Å². The summed E-state index contributed by atoms with van der Waals surface area (Å²) >= 11 is 3.36. The third-order valence-corrected chi connectivity index (χ3v) is 6.33. The minimum atomic E-state index is -0.0930. The van der Waals surface area contributed by atoms with Gasteiger partial charge in [0.05, 0.1) is 24.5 Å². The molecule has 0 bridgehead atoms. The zero-order chi connectivity index (χ0) is 23.1. The van der Waals surface area contributed by atoms with Gasteiger partial charge in [-0.15, -0.1) is 22.7 Å². The largest absolute Gasteiger partial charge is 0.378 e. The van der Waals surface area contributed by atoms with Crippen molar-refractivity contribution in [2.24, 2.45) is 17.6 Å². The molecule has 6 N–H and O–H groups in total. The highest BCUT2D eigenvalue weighted by molar-refractivity contribution is 7.09. The predicted octanol–water partition coefficient (Wildman–Crippen LogP) is 5.53. The molecular weight excluding hydrogens is 438 g/mol. The number of thiazole rings is 2. The van der Waals surface area contributed by atoms with Crippen LogP contribution in [-0.4, -0.2) is 15.9 Å². The molecule has 9 heteroatoms. The van der Waals surface area contributed by atoms with Gasteiger partial charge in [-0.3, -0.25) is 5.41 Å². The highest BCUT2D eigenvalue weighted by Gasteiger charge is 2.08. The lowest BCUT2D eigenvalue weighted by Crippen LogP contribution is -2.20. The molecule has 0 amide bonds. The number of anilines is 3. The van der Waals surface area contributed by atoms with E-state index in [0.29, 0.717) is 24.9 Å². The first-order valence-electron chi connectivity index (χ1n) is 10.9. The summed E-state index contributed by atoms with van der Waals surface area (Å²) in [4.78, 5) is 9.44. The van der Waals surface area contributed by atoms with Crippen molar-refractivity contribution in [3.8, 4) is 0 Å². The van der Waals surface area contributed by atoms with E-state index in [-0.39, 0.29) is 5.96 Å². The Kier molecular flexibility index (Phi) is 8.46. The van der Waals surface area contributed by atoms with E-state index in [1.807, 2.05) is 12.1 Å². The smallest absolute Gasteiger partial charge is 0.190 e. The van der Waals surface area contributed by atoms with E-state index in [2.05, 4.69) is 60.5 Å². The van der Waals surface area contributed by atoms with Crippen LogP contribution < -0.4 is 21.7 Å². The lowest BCUT2D eigenvalue weighted by atomic mass is 10.1. The van der Waals surface area contributed by atoms with Crippen molar-refractivity contribution in [2.45, 2.75) is 53.6 Å². The molecule has 0 aliphatic rings. The van der Waals surface area contributed by atoms with Gasteiger partial charge in [-0.05, 0) is 42.9 Å². The summed E-state index contributed by atoms with van der Waals surface area (Å²) in [5.74, 6) is 1.10. The lowest BCUT2D eigenvalue weighted by Gasteiger charge is -2.13. The Morgan fingerprint density at radius 1 is 0.844 bits per heavy atom. The molecule has 0 saturated heterocycles. The molecule has 0 aliphatic carbocycles. The van der Waals surface area contributed by atoms with Gasteiger partial charge >= 0.3 is 0 Å².